The zero-order valence-corrected chi connectivity index (χ0v) is 14.7. The van der Waals surface area contributed by atoms with Crippen LogP contribution in [0.4, 0.5) is 4.79 Å². The summed E-state index contributed by atoms with van der Waals surface area (Å²) in [6.07, 6.45) is 0.116. The molecular weight excluding hydrogens is 346 g/mol. The van der Waals surface area contributed by atoms with Crippen LogP contribution in [0.3, 0.4) is 0 Å². The van der Waals surface area contributed by atoms with Crippen LogP contribution >= 0.6 is 11.8 Å². The van der Waals surface area contributed by atoms with E-state index < -0.39 is 11.8 Å². The van der Waals surface area contributed by atoms with Crippen molar-refractivity contribution < 1.29 is 23.9 Å². The highest BCUT2D eigenvalue weighted by atomic mass is 32.2. The minimum atomic E-state index is -0.510. The molecule has 1 rings (SSSR count). The van der Waals surface area contributed by atoms with E-state index in [0.29, 0.717) is 17.1 Å². The van der Waals surface area contributed by atoms with Gasteiger partial charge in [-0.2, -0.15) is 0 Å². The predicted octanol–water partition coefficient (Wildman–Crippen LogP) is 1.05. The lowest BCUT2D eigenvalue weighted by atomic mass is 10.2. The summed E-state index contributed by atoms with van der Waals surface area (Å²) in [4.78, 5) is 46.4. The van der Waals surface area contributed by atoms with E-state index in [4.69, 9.17) is 10.5 Å². The number of primary amides is 1. The highest BCUT2D eigenvalue weighted by molar-refractivity contribution is 8.13. The van der Waals surface area contributed by atoms with Crippen LogP contribution in [0.1, 0.15) is 30.1 Å². The van der Waals surface area contributed by atoms with E-state index in [1.165, 1.54) is 0 Å². The van der Waals surface area contributed by atoms with E-state index in [1.807, 2.05) is 0 Å². The van der Waals surface area contributed by atoms with Gasteiger partial charge in [-0.15, -0.1) is 0 Å². The number of thioether (sulfide) groups is 1. The molecule has 0 aliphatic heterocycles. The maximum absolute atomic E-state index is 12.1. The van der Waals surface area contributed by atoms with Gasteiger partial charge < -0.3 is 21.1 Å². The molecule has 0 heterocycles. The van der Waals surface area contributed by atoms with Gasteiger partial charge in [-0.25, -0.2) is 0 Å². The molecule has 3 amide bonds. The van der Waals surface area contributed by atoms with Crippen LogP contribution < -0.4 is 16.4 Å². The maximum atomic E-state index is 12.1. The Balaban J connectivity index is 2.55. The number of amides is 3. The number of carbonyl (C=O) groups is 4. The Kier molecular flexibility index (Phi) is 9.09. The number of hydrogen-bond acceptors (Lipinski definition) is 6. The number of esters is 1. The van der Waals surface area contributed by atoms with Gasteiger partial charge in [0.1, 0.15) is 0 Å². The van der Waals surface area contributed by atoms with E-state index >= 15 is 0 Å². The van der Waals surface area contributed by atoms with Gasteiger partial charge in [0.05, 0.1) is 18.6 Å². The number of hydrogen-bond donors (Lipinski definition) is 3. The number of carbonyl (C=O) groups excluding carboxylic acids is 4. The molecule has 0 aliphatic rings. The number of ether oxygens (including phenoxy) is 1. The molecule has 0 aliphatic carbocycles. The zero-order chi connectivity index (χ0) is 18.7. The molecule has 0 atom stereocenters. The maximum Gasteiger partial charge on any atom is 0.307 e. The number of benzene rings is 1. The van der Waals surface area contributed by atoms with Crippen molar-refractivity contribution in [1.82, 2.24) is 10.6 Å². The van der Waals surface area contributed by atoms with Crippen molar-refractivity contribution in [3.05, 3.63) is 29.8 Å². The standard InChI is InChI=1S/C16H21N3O5S/c1-2-24-14(21)8-10-19-16(23)25-12-6-4-3-5-11(12)15(22)18-9-7-13(17)20/h3-6H,2,7-10H2,1H3,(H2,17,20)(H,18,22)(H,19,23). The van der Waals surface area contributed by atoms with Crippen molar-refractivity contribution in [2.24, 2.45) is 5.73 Å². The third-order valence-electron chi connectivity index (χ3n) is 2.90. The third-order valence-corrected chi connectivity index (χ3v) is 3.80. The molecule has 0 bridgehead atoms. The molecule has 25 heavy (non-hydrogen) atoms. The molecule has 1 aromatic rings. The monoisotopic (exact) mass is 367 g/mol. The van der Waals surface area contributed by atoms with E-state index in [2.05, 4.69) is 10.6 Å². The number of rotatable bonds is 9. The average molecular weight is 367 g/mol. The van der Waals surface area contributed by atoms with Gasteiger partial charge >= 0.3 is 5.97 Å². The van der Waals surface area contributed by atoms with Gasteiger partial charge in [0.2, 0.25) is 5.91 Å². The molecule has 4 N–H and O–H groups in total. The molecule has 0 spiro atoms. The van der Waals surface area contributed by atoms with Crippen molar-refractivity contribution in [1.29, 1.82) is 0 Å². The minimum absolute atomic E-state index is 0.0371. The topological polar surface area (TPSA) is 128 Å². The fourth-order valence-corrected chi connectivity index (χ4v) is 2.56. The van der Waals surface area contributed by atoms with Crippen LogP contribution in [0.5, 0.6) is 0 Å². The van der Waals surface area contributed by atoms with E-state index in [0.717, 1.165) is 11.8 Å². The van der Waals surface area contributed by atoms with Crippen molar-refractivity contribution >= 4 is 34.8 Å². The Morgan fingerprint density at radius 1 is 1.08 bits per heavy atom. The largest absolute Gasteiger partial charge is 0.466 e. The highest BCUT2D eigenvalue weighted by Crippen LogP contribution is 2.23. The third kappa shape index (κ3) is 8.20. The first-order valence-electron chi connectivity index (χ1n) is 7.70. The van der Waals surface area contributed by atoms with Crippen LogP contribution in [-0.2, 0) is 14.3 Å². The van der Waals surface area contributed by atoms with Gasteiger partial charge in [-0.1, -0.05) is 12.1 Å². The molecule has 1 aromatic carbocycles. The SMILES string of the molecule is CCOC(=O)CCNC(=O)Sc1ccccc1C(=O)NCCC(N)=O. The quantitative estimate of drug-likeness (QED) is 0.442. The average Bonchev–Trinajstić information content (AvgIpc) is 2.55. The van der Waals surface area contributed by atoms with Gasteiger partial charge in [0.25, 0.3) is 11.1 Å². The molecule has 0 saturated heterocycles. The first kappa shape index (κ1) is 20.5. The molecule has 9 heteroatoms. The van der Waals surface area contributed by atoms with Gasteiger partial charge in [-0.05, 0) is 30.8 Å². The van der Waals surface area contributed by atoms with E-state index in [9.17, 15) is 19.2 Å². The molecule has 0 aromatic heterocycles. The summed E-state index contributed by atoms with van der Waals surface area (Å²) < 4.78 is 4.76. The Morgan fingerprint density at radius 3 is 2.44 bits per heavy atom. The summed E-state index contributed by atoms with van der Waals surface area (Å²) in [5.41, 5.74) is 5.34. The van der Waals surface area contributed by atoms with Crippen LogP contribution in [0, 0.1) is 0 Å². The van der Waals surface area contributed by atoms with E-state index in [-0.39, 0.29) is 37.1 Å². The lowest BCUT2D eigenvalue weighted by molar-refractivity contribution is -0.142. The summed E-state index contributed by atoms with van der Waals surface area (Å²) >= 11 is 0.849. The first-order chi connectivity index (χ1) is 11.9. The summed E-state index contributed by atoms with van der Waals surface area (Å²) in [6.45, 7) is 2.27. The molecule has 0 fully saturated rings. The number of nitrogens with two attached hydrogens (primary N) is 1. The molecule has 0 saturated carbocycles. The van der Waals surface area contributed by atoms with E-state index in [1.54, 1.807) is 31.2 Å². The smallest absolute Gasteiger partial charge is 0.307 e. The Hall–Kier alpha value is -2.55. The van der Waals surface area contributed by atoms with Crippen molar-refractivity contribution in [2.45, 2.75) is 24.7 Å². The lowest BCUT2D eigenvalue weighted by Crippen LogP contribution is -2.28. The second-order valence-electron chi connectivity index (χ2n) is 4.84. The minimum Gasteiger partial charge on any atom is -0.466 e. The summed E-state index contributed by atoms with van der Waals surface area (Å²) in [7, 11) is 0. The molecule has 8 nitrogen and oxygen atoms in total. The molecule has 0 radical (unpaired) electrons. The zero-order valence-electron chi connectivity index (χ0n) is 13.9. The normalized spacial score (nSPS) is 9.96. The predicted molar refractivity (Wildman–Crippen MR) is 93.1 cm³/mol. The Morgan fingerprint density at radius 2 is 1.76 bits per heavy atom. The molecular formula is C16H21N3O5S. The number of nitrogens with one attached hydrogen (secondary N) is 2. The van der Waals surface area contributed by atoms with Crippen LogP contribution in [-0.4, -0.2) is 42.7 Å². The van der Waals surface area contributed by atoms with Gasteiger partial charge in [-0.3, -0.25) is 19.2 Å². The van der Waals surface area contributed by atoms with Crippen molar-refractivity contribution in [3.8, 4) is 0 Å². The van der Waals surface area contributed by atoms with Crippen LogP contribution in [0.25, 0.3) is 0 Å². The second-order valence-corrected chi connectivity index (χ2v) is 5.85. The first-order valence-corrected chi connectivity index (χ1v) is 8.52. The van der Waals surface area contributed by atoms with Crippen molar-refractivity contribution in [2.75, 3.05) is 19.7 Å². The molecule has 136 valence electrons. The Labute approximate surface area is 149 Å². The summed E-state index contributed by atoms with van der Waals surface area (Å²) in [5.74, 6) is -1.30. The Bertz CT molecular complexity index is 636. The fraction of sp³-hybridized carbons (Fsp3) is 0.375. The summed E-state index contributed by atoms with van der Waals surface area (Å²) in [6, 6.07) is 6.59. The second kappa shape index (κ2) is 11.1. The van der Waals surface area contributed by atoms with Crippen LogP contribution in [0.2, 0.25) is 0 Å². The van der Waals surface area contributed by atoms with Crippen molar-refractivity contribution in [3.63, 3.8) is 0 Å². The van der Waals surface area contributed by atoms with Gasteiger partial charge in [0, 0.05) is 24.4 Å². The highest BCUT2D eigenvalue weighted by Gasteiger charge is 2.14. The molecule has 0 unspecified atom stereocenters. The lowest BCUT2D eigenvalue weighted by Gasteiger charge is -2.09. The van der Waals surface area contributed by atoms with Gasteiger partial charge in [0.15, 0.2) is 0 Å². The fourth-order valence-electron chi connectivity index (χ4n) is 1.77. The summed E-state index contributed by atoms with van der Waals surface area (Å²) in [5, 5.41) is 4.76. The van der Waals surface area contributed by atoms with Crippen LogP contribution in [0.15, 0.2) is 29.2 Å².